The van der Waals surface area contributed by atoms with Crippen LogP contribution >= 0.6 is 0 Å². The summed E-state index contributed by atoms with van der Waals surface area (Å²) in [6.45, 7) is 4.10. The lowest BCUT2D eigenvalue weighted by Crippen LogP contribution is -2.17. The summed E-state index contributed by atoms with van der Waals surface area (Å²) in [5.41, 5.74) is 0. The van der Waals surface area contributed by atoms with Crippen molar-refractivity contribution >= 4 is 11.9 Å². The molecular weight excluding hydrogens is 316 g/mol. The second kappa shape index (κ2) is 17.8. The summed E-state index contributed by atoms with van der Waals surface area (Å²) in [6, 6.07) is 0. The molecule has 0 aromatic rings. The van der Waals surface area contributed by atoms with Gasteiger partial charge in [0.05, 0.1) is 6.10 Å². The summed E-state index contributed by atoms with van der Waals surface area (Å²) in [5.74, 6) is -1.76. The van der Waals surface area contributed by atoms with Gasteiger partial charge in [0.2, 0.25) is 0 Å². The Balaban J connectivity index is 3.23. The Morgan fingerprint density at radius 3 is 1.56 bits per heavy atom. The minimum atomic E-state index is -1.13. The molecule has 0 fully saturated rings. The Hall–Kier alpha value is -1.06. The van der Waals surface area contributed by atoms with Gasteiger partial charge in [-0.15, -0.1) is 0 Å². The number of hydrogen-bond acceptors (Lipinski definition) is 3. The Morgan fingerprint density at radius 2 is 1.16 bits per heavy atom. The van der Waals surface area contributed by atoms with E-state index in [2.05, 4.69) is 6.92 Å². The van der Waals surface area contributed by atoms with Crippen LogP contribution in [0.25, 0.3) is 0 Å². The molecule has 0 aliphatic rings. The Kier molecular flexibility index (Phi) is 17.0. The second-order valence-corrected chi connectivity index (χ2v) is 7.26. The summed E-state index contributed by atoms with van der Waals surface area (Å²) < 4.78 is 5.05. The molecule has 1 atom stereocenters. The average Bonchev–Trinajstić information content (AvgIpc) is 2.54. The Morgan fingerprint density at radius 1 is 0.760 bits per heavy atom. The van der Waals surface area contributed by atoms with Gasteiger partial charge in [0.25, 0.3) is 0 Å². The van der Waals surface area contributed by atoms with E-state index in [4.69, 9.17) is 9.84 Å². The van der Waals surface area contributed by atoms with E-state index in [0.29, 0.717) is 0 Å². The quantitative estimate of drug-likeness (QED) is 0.179. The number of ether oxygens (including phenoxy) is 1. The molecule has 4 heteroatoms. The number of hydrogen-bond donors (Lipinski definition) is 1. The normalized spacial score (nSPS) is 12.1. The van der Waals surface area contributed by atoms with Gasteiger partial charge >= 0.3 is 11.9 Å². The highest BCUT2D eigenvalue weighted by Crippen LogP contribution is 2.14. The zero-order valence-corrected chi connectivity index (χ0v) is 16.6. The van der Waals surface area contributed by atoms with Gasteiger partial charge < -0.3 is 9.84 Å². The van der Waals surface area contributed by atoms with Crippen molar-refractivity contribution < 1.29 is 19.4 Å². The van der Waals surface area contributed by atoms with Crippen LogP contribution in [0.2, 0.25) is 0 Å². The minimum absolute atomic E-state index is 0.177. The number of carboxylic acid groups (broad SMARTS) is 1. The van der Waals surface area contributed by atoms with Gasteiger partial charge in [0, 0.05) is 0 Å². The standard InChI is InChI=1S/C21H40O4/c1-3-4-5-6-7-8-9-10-11-12-13-14-15-16-17-19(2)25-21(24)18-20(22)23/h19H,3-18H2,1-2H3,(H,22,23). The first-order valence-corrected chi connectivity index (χ1v) is 10.5. The van der Waals surface area contributed by atoms with Crippen LogP contribution in [0.1, 0.15) is 117 Å². The first kappa shape index (κ1) is 23.9. The fourth-order valence-electron chi connectivity index (χ4n) is 3.07. The van der Waals surface area contributed by atoms with E-state index >= 15 is 0 Å². The van der Waals surface area contributed by atoms with E-state index in [0.717, 1.165) is 19.3 Å². The predicted octanol–water partition coefficient (Wildman–Crippen LogP) is 6.26. The molecule has 0 aliphatic heterocycles. The molecule has 4 nitrogen and oxygen atoms in total. The van der Waals surface area contributed by atoms with Crippen LogP contribution in [0.4, 0.5) is 0 Å². The number of rotatable bonds is 18. The zero-order chi connectivity index (χ0) is 18.8. The van der Waals surface area contributed by atoms with Crippen LogP contribution in [0.15, 0.2) is 0 Å². The fourth-order valence-corrected chi connectivity index (χ4v) is 3.07. The maximum Gasteiger partial charge on any atom is 0.317 e. The van der Waals surface area contributed by atoms with E-state index in [9.17, 15) is 9.59 Å². The molecule has 0 rings (SSSR count). The molecule has 25 heavy (non-hydrogen) atoms. The van der Waals surface area contributed by atoms with E-state index in [1.54, 1.807) is 0 Å². The summed E-state index contributed by atoms with van der Waals surface area (Å²) in [4.78, 5) is 21.6. The molecule has 0 saturated heterocycles. The van der Waals surface area contributed by atoms with Crippen molar-refractivity contribution in [3.8, 4) is 0 Å². The SMILES string of the molecule is CCCCCCCCCCCCCCCCC(C)OC(=O)CC(=O)O. The molecule has 0 aromatic heterocycles. The maximum absolute atomic E-state index is 11.2. The molecule has 148 valence electrons. The van der Waals surface area contributed by atoms with Gasteiger partial charge in [-0.2, -0.15) is 0 Å². The number of unbranched alkanes of at least 4 members (excludes halogenated alkanes) is 13. The number of carbonyl (C=O) groups excluding carboxylic acids is 1. The number of carbonyl (C=O) groups is 2. The lowest BCUT2D eigenvalue weighted by Gasteiger charge is -2.12. The number of esters is 1. The van der Waals surface area contributed by atoms with Crippen molar-refractivity contribution in [1.82, 2.24) is 0 Å². The van der Waals surface area contributed by atoms with Gasteiger partial charge in [-0.05, 0) is 19.8 Å². The minimum Gasteiger partial charge on any atom is -0.481 e. The van der Waals surface area contributed by atoms with Crippen molar-refractivity contribution in [2.24, 2.45) is 0 Å². The fraction of sp³-hybridized carbons (Fsp3) is 0.905. The van der Waals surface area contributed by atoms with E-state index in [1.807, 2.05) is 6.92 Å². The summed E-state index contributed by atoms with van der Waals surface area (Å²) in [6.07, 6.45) is 18.7. The lowest BCUT2D eigenvalue weighted by atomic mass is 10.0. The van der Waals surface area contributed by atoms with Crippen molar-refractivity contribution in [1.29, 1.82) is 0 Å². The first-order valence-electron chi connectivity index (χ1n) is 10.5. The maximum atomic E-state index is 11.2. The molecule has 0 bridgehead atoms. The summed E-state index contributed by atoms with van der Waals surface area (Å²) in [5, 5.41) is 8.50. The van der Waals surface area contributed by atoms with Crippen LogP contribution in [0, 0.1) is 0 Å². The molecule has 1 N–H and O–H groups in total. The van der Waals surface area contributed by atoms with Crippen LogP contribution in [-0.2, 0) is 14.3 Å². The van der Waals surface area contributed by atoms with Crippen molar-refractivity contribution in [2.75, 3.05) is 0 Å². The van der Waals surface area contributed by atoms with Crippen LogP contribution < -0.4 is 0 Å². The molecule has 0 spiro atoms. The molecule has 0 amide bonds. The predicted molar refractivity (Wildman–Crippen MR) is 103 cm³/mol. The van der Waals surface area contributed by atoms with Crippen molar-refractivity contribution in [3.05, 3.63) is 0 Å². The van der Waals surface area contributed by atoms with Gasteiger partial charge in [-0.3, -0.25) is 9.59 Å². The van der Waals surface area contributed by atoms with E-state index in [-0.39, 0.29) is 6.10 Å². The molecule has 0 radical (unpaired) electrons. The number of carboxylic acids is 1. The molecule has 0 heterocycles. The first-order chi connectivity index (χ1) is 12.1. The van der Waals surface area contributed by atoms with Crippen LogP contribution in [0.5, 0.6) is 0 Å². The van der Waals surface area contributed by atoms with Crippen LogP contribution in [0.3, 0.4) is 0 Å². The molecular formula is C21H40O4. The zero-order valence-electron chi connectivity index (χ0n) is 16.6. The topological polar surface area (TPSA) is 63.6 Å². The van der Waals surface area contributed by atoms with Gasteiger partial charge in [-0.1, -0.05) is 90.4 Å². The van der Waals surface area contributed by atoms with Crippen LogP contribution in [-0.4, -0.2) is 23.1 Å². The summed E-state index contributed by atoms with van der Waals surface area (Å²) >= 11 is 0. The lowest BCUT2D eigenvalue weighted by molar-refractivity contribution is -0.154. The highest BCUT2D eigenvalue weighted by molar-refractivity contribution is 5.90. The molecule has 0 aliphatic carbocycles. The van der Waals surface area contributed by atoms with Gasteiger partial charge in [0.1, 0.15) is 6.42 Å². The third-order valence-corrected chi connectivity index (χ3v) is 4.59. The molecule has 0 saturated carbocycles. The molecule has 1 unspecified atom stereocenters. The second-order valence-electron chi connectivity index (χ2n) is 7.26. The van der Waals surface area contributed by atoms with Gasteiger partial charge in [0.15, 0.2) is 0 Å². The largest absolute Gasteiger partial charge is 0.481 e. The Bertz CT molecular complexity index is 328. The third kappa shape index (κ3) is 19.1. The van der Waals surface area contributed by atoms with E-state index < -0.39 is 18.4 Å². The number of aliphatic carboxylic acids is 1. The van der Waals surface area contributed by atoms with E-state index in [1.165, 1.54) is 77.0 Å². The highest BCUT2D eigenvalue weighted by atomic mass is 16.5. The average molecular weight is 357 g/mol. The monoisotopic (exact) mass is 356 g/mol. The third-order valence-electron chi connectivity index (χ3n) is 4.59. The van der Waals surface area contributed by atoms with Crippen molar-refractivity contribution in [3.63, 3.8) is 0 Å². The molecule has 0 aromatic carbocycles. The smallest absolute Gasteiger partial charge is 0.317 e. The van der Waals surface area contributed by atoms with Crippen molar-refractivity contribution in [2.45, 2.75) is 123 Å². The van der Waals surface area contributed by atoms with Gasteiger partial charge in [-0.25, -0.2) is 0 Å². The Labute approximate surface area is 154 Å². The highest BCUT2D eigenvalue weighted by Gasteiger charge is 2.12. The summed E-state index contributed by atoms with van der Waals surface area (Å²) in [7, 11) is 0.